The van der Waals surface area contributed by atoms with Gasteiger partial charge in [0.25, 0.3) is 0 Å². The highest BCUT2D eigenvalue weighted by Crippen LogP contribution is 2.42. The maximum absolute atomic E-state index is 6.52. The molecule has 0 bridgehead atoms. The Labute approximate surface area is 319 Å². The van der Waals surface area contributed by atoms with Crippen LogP contribution in [0.5, 0.6) is 0 Å². The predicted octanol–water partition coefficient (Wildman–Crippen LogP) is 12.9. The molecule has 1 aliphatic heterocycles. The van der Waals surface area contributed by atoms with Crippen LogP contribution in [0.1, 0.15) is 11.7 Å². The summed E-state index contributed by atoms with van der Waals surface area (Å²) in [6, 6.07) is 62.1. The summed E-state index contributed by atoms with van der Waals surface area (Å²) in [5.41, 5.74) is 8.19. The quantitative estimate of drug-likeness (QED) is 0.175. The van der Waals surface area contributed by atoms with E-state index in [-0.39, 0.29) is 6.17 Å². The maximum Gasteiger partial charge on any atom is 0.166 e. The highest BCUT2D eigenvalue weighted by atomic mass is 79.9. The topological polar surface area (TPSA) is 41.1 Å². The highest BCUT2D eigenvalue weighted by molar-refractivity contribution is 9.10. The molecule has 1 aromatic heterocycles. The van der Waals surface area contributed by atoms with Crippen LogP contribution < -0.4 is 15.6 Å². The van der Waals surface area contributed by atoms with Crippen LogP contribution in [0.25, 0.3) is 65.4 Å². The molecule has 1 atom stereocenters. The van der Waals surface area contributed by atoms with E-state index in [1.54, 1.807) is 0 Å². The van der Waals surface area contributed by atoms with Gasteiger partial charge in [-0.1, -0.05) is 131 Å². The van der Waals surface area contributed by atoms with Crippen LogP contribution in [0.3, 0.4) is 0 Å². The number of hydrogen-bond donors (Lipinski definition) is 0. The molecular formula is C49H30BrN3O. The molecule has 0 N–H and O–H groups in total. The zero-order valence-corrected chi connectivity index (χ0v) is 30.5. The van der Waals surface area contributed by atoms with Crippen molar-refractivity contribution in [3.63, 3.8) is 0 Å². The third-order valence-electron chi connectivity index (χ3n) is 10.7. The molecule has 0 fully saturated rings. The summed E-state index contributed by atoms with van der Waals surface area (Å²) >= 11 is 3.77. The number of benzene rings is 9. The third-order valence-corrected chi connectivity index (χ3v) is 11.3. The number of halogens is 1. The average Bonchev–Trinajstić information content (AvgIpc) is 3.83. The van der Waals surface area contributed by atoms with Gasteiger partial charge in [0.15, 0.2) is 6.17 Å². The summed E-state index contributed by atoms with van der Waals surface area (Å²) in [7, 11) is 0. The second-order valence-corrected chi connectivity index (χ2v) is 14.7. The molecule has 2 heterocycles. The van der Waals surface area contributed by atoms with Gasteiger partial charge in [-0.05, 0) is 93.2 Å². The van der Waals surface area contributed by atoms with Crippen molar-refractivity contribution in [1.82, 2.24) is 0 Å². The van der Waals surface area contributed by atoms with E-state index in [4.69, 9.17) is 14.4 Å². The molecule has 0 aliphatic carbocycles. The molecular weight excluding hydrogens is 726 g/mol. The van der Waals surface area contributed by atoms with Gasteiger partial charge in [0, 0.05) is 48.8 Å². The first kappa shape index (κ1) is 31.0. The number of nitrogens with zero attached hydrogens (tertiary/aromatic N) is 3. The van der Waals surface area contributed by atoms with Crippen molar-refractivity contribution in [2.24, 2.45) is 9.98 Å². The van der Waals surface area contributed by atoms with E-state index in [9.17, 15) is 0 Å². The van der Waals surface area contributed by atoms with Crippen LogP contribution in [0.2, 0.25) is 0 Å². The van der Waals surface area contributed by atoms with Crippen LogP contribution in [-0.4, -0.2) is 0 Å². The Hall–Kier alpha value is -6.56. The van der Waals surface area contributed by atoms with Crippen LogP contribution in [0.4, 0.5) is 17.1 Å². The van der Waals surface area contributed by atoms with Gasteiger partial charge in [-0.15, -0.1) is 0 Å². The van der Waals surface area contributed by atoms with Gasteiger partial charge in [-0.3, -0.25) is 9.98 Å². The number of para-hydroxylation sites is 1. The number of rotatable bonds is 5. The lowest BCUT2D eigenvalue weighted by Gasteiger charge is -2.26. The van der Waals surface area contributed by atoms with Crippen molar-refractivity contribution in [2.75, 3.05) is 4.90 Å². The number of hydrogen-bond acceptors (Lipinski definition) is 4. The van der Waals surface area contributed by atoms with Gasteiger partial charge in [0.1, 0.15) is 11.2 Å². The van der Waals surface area contributed by atoms with Crippen LogP contribution in [-0.2, 0) is 0 Å². The van der Waals surface area contributed by atoms with E-state index >= 15 is 0 Å². The fourth-order valence-corrected chi connectivity index (χ4v) is 8.71. The zero-order chi connectivity index (χ0) is 35.8. The normalized spacial score (nSPS) is 13.8. The first-order valence-electron chi connectivity index (χ1n) is 18.1. The molecule has 4 nitrogen and oxygen atoms in total. The second kappa shape index (κ2) is 12.3. The molecule has 0 spiro atoms. The SMILES string of the molecule is Brc1cc2oc3cc4cc(N(c5ccccc5)c5cccc(C6N=c7c(-c8ccccc8)cc8ccccc8c7=N6)c5)ccc4cc3c2c2ccccc12. The molecule has 0 amide bonds. The summed E-state index contributed by atoms with van der Waals surface area (Å²) < 4.78 is 7.55. The van der Waals surface area contributed by atoms with Crippen molar-refractivity contribution < 1.29 is 4.42 Å². The summed E-state index contributed by atoms with van der Waals surface area (Å²) in [5.74, 6) is 0. The Kier molecular flexibility index (Phi) is 7.04. The minimum Gasteiger partial charge on any atom is -0.456 e. The van der Waals surface area contributed by atoms with Gasteiger partial charge < -0.3 is 9.32 Å². The Morgan fingerprint density at radius 3 is 2.02 bits per heavy atom. The van der Waals surface area contributed by atoms with Gasteiger partial charge in [0.2, 0.25) is 0 Å². The van der Waals surface area contributed by atoms with Crippen LogP contribution >= 0.6 is 15.9 Å². The van der Waals surface area contributed by atoms with Crippen molar-refractivity contribution >= 4 is 87.2 Å². The number of furan rings is 1. The predicted molar refractivity (Wildman–Crippen MR) is 226 cm³/mol. The molecule has 54 heavy (non-hydrogen) atoms. The van der Waals surface area contributed by atoms with Crippen molar-refractivity contribution in [3.05, 3.63) is 197 Å². The smallest absolute Gasteiger partial charge is 0.166 e. The Bertz CT molecular complexity index is 3250. The molecule has 254 valence electrons. The number of fused-ring (bicyclic) bond motifs is 9. The fourth-order valence-electron chi connectivity index (χ4n) is 8.15. The Morgan fingerprint density at radius 1 is 0.463 bits per heavy atom. The van der Waals surface area contributed by atoms with E-state index < -0.39 is 0 Å². The summed E-state index contributed by atoms with van der Waals surface area (Å²) in [6.07, 6.45) is -0.361. The first-order chi connectivity index (χ1) is 26.7. The molecule has 5 heteroatoms. The molecule has 0 saturated heterocycles. The largest absolute Gasteiger partial charge is 0.456 e. The van der Waals surface area contributed by atoms with Crippen molar-refractivity contribution in [2.45, 2.75) is 6.17 Å². The summed E-state index contributed by atoms with van der Waals surface area (Å²) in [6.45, 7) is 0. The standard InChI is InChI=1S/C49H30BrN3O/c50-43-29-45-46(40-21-10-9-20-39(40)43)42-26-31-22-23-37(25-34(31)28-44(42)54-45)53(35-16-5-2-6-17-35)36-18-11-15-33(24-36)49-51-47-38-19-8-7-14-32(38)27-41(48(47)52-49)30-12-3-1-4-13-30/h1-29,49H. The van der Waals surface area contributed by atoms with Crippen molar-refractivity contribution in [3.8, 4) is 11.1 Å². The van der Waals surface area contributed by atoms with Crippen LogP contribution in [0.15, 0.2) is 195 Å². The fraction of sp³-hybridized carbons (Fsp3) is 0.0204. The second-order valence-electron chi connectivity index (χ2n) is 13.9. The van der Waals surface area contributed by atoms with E-state index in [2.05, 4.69) is 197 Å². The van der Waals surface area contributed by atoms with E-state index in [0.29, 0.717) is 0 Å². The highest BCUT2D eigenvalue weighted by Gasteiger charge is 2.21. The molecule has 0 saturated carbocycles. The minimum absolute atomic E-state index is 0.361. The van der Waals surface area contributed by atoms with Gasteiger partial charge in [-0.2, -0.15) is 0 Å². The first-order valence-corrected chi connectivity index (χ1v) is 18.9. The lowest BCUT2D eigenvalue weighted by Crippen LogP contribution is -2.25. The molecule has 11 rings (SSSR count). The van der Waals surface area contributed by atoms with Crippen molar-refractivity contribution in [1.29, 1.82) is 0 Å². The third kappa shape index (κ3) is 4.97. The Balaban J connectivity index is 1.05. The zero-order valence-electron chi connectivity index (χ0n) is 28.9. The van der Waals surface area contributed by atoms with Gasteiger partial charge in [0.05, 0.1) is 10.7 Å². The van der Waals surface area contributed by atoms with E-state index in [0.717, 1.165) is 92.4 Å². The Morgan fingerprint density at radius 2 is 1.17 bits per heavy atom. The molecule has 9 aromatic carbocycles. The average molecular weight is 757 g/mol. The number of anilines is 3. The lowest BCUT2D eigenvalue weighted by atomic mass is 10.00. The lowest BCUT2D eigenvalue weighted by molar-refractivity contribution is 0.669. The molecule has 1 aliphatic rings. The summed E-state index contributed by atoms with van der Waals surface area (Å²) in [5, 5.41) is 11.1. The monoisotopic (exact) mass is 755 g/mol. The molecule has 1 unspecified atom stereocenters. The van der Waals surface area contributed by atoms with Crippen LogP contribution in [0, 0.1) is 0 Å². The maximum atomic E-state index is 6.52. The van der Waals surface area contributed by atoms with E-state index in [1.165, 1.54) is 10.8 Å². The van der Waals surface area contributed by atoms with Gasteiger partial charge >= 0.3 is 0 Å². The summed E-state index contributed by atoms with van der Waals surface area (Å²) in [4.78, 5) is 12.9. The molecule has 10 aromatic rings. The van der Waals surface area contributed by atoms with Gasteiger partial charge in [-0.25, -0.2) is 0 Å². The molecule has 0 radical (unpaired) electrons. The minimum atomic E-state index is -0.361. The van der Waals surface area contributed by atoms with E-state index in [1.807, 2.05) is 0 Å².